The highest BCUT2D eigenvalue weighted by Crippen LogP contribution is 2.41. The number of methoxy groups -OCH3 is 2. The van der Waals surface area contributed by atoms with Crippen LogP contribution in [0.5, 0.6) is 23.1 Å². The van der Waals surface area contributed by atoms with Crippen LogP contribution in [0, 0.1) is 0 Å². The fourth-order valence-corrected chi connectivity index (χ4v) is 3.55. The average molecular weight is 499 g/mol. The van der Waals surface area contributed by atoms with Gasteiger partial charge in [-0.25, -0.2) is 15.0 Å². The number of hydrogen-bond acceptors (Lipinski definition) is 7. The number of imidazole rings is 1. The van der Waals surface area contributed by atoms with Crippen molar-refractivity contribution in [2.75, 3.05) is 20.8 Å². The molecule has 0 saturated heterocycles. The summed E-state index contributed by atoms with van der Waals surface area (Å²) in [6.07, 6.45) is 3.50. The summed E-state index contributed by atoms with van der Waals surface area (Å²) < 4.78 is 24.7. The molecular weight excluding hydrogens is 476 g/mol. The third-order valence-electron chi connectivity index (χ3n) is 4.72. The van der Waals surface area contributed by atoms with Crippen LogP contribution < -0.4 is 18.9 Å². The van der Waals surface area contributed by atoms with Gasteiger partial charge in [-0.3, -0.25) is 0 Å². The fraction of sp³-hybridized carbons (Fsp3) is 0.261. The van der Waals surface area contributed by atoms with E-state index in [2.05, 4.69) is 30.9 Å². The quantitative estimate of drug-likeness (QED) is 0.383. The molecule has 1 aliphatic rings. The zero-order valence-electron chi connectivity index (χ0n) is 18.0. The second-order valence-corrected chi connectivity index (χ2v) is 7.90. The second-order valence-electron chi connectivity index (χ2n) is 7.09. The Bertz CT molecular complexity index is 1200. The Balaban J connectivity index is 0.000000260. The first-order valence-electron chi connectivity index (χ1n) is 10.00. The van der Waals surface area contributed by atoms with Crippen molar-refractivity contribution in [3.63, 3.8) is 0 Å². The maximum absolute atomic E-state index is 5.89. The summed E-state index contributed by atoms with van der Waals surface area (Å²) in [4.78, 5) is 12.8. The molecule has 1 atom stereocenters. The number of ether oxygens (including phenoxy) is 4. The van der Waals surface area contributed by atoms with Gasteiger partial charge in [0.1, 0.15) is 22.8 Å². The van der Waals surface area contributed by atoms with Crippen molar-refractivity contribution in [2.24, 2.45) is 0 Å². The maximum atomic E-state index is 5.89. The average Bonchev–Trinajstić information content (AvgIpc) is 3.20. The summed E-state index contributed by atoms with van der Waals surface area (Å²) >= 11 is 3.41. The molecule has 5 rings (SSSR count). The maximum Gasteiger partial charge on any atom is 0.212 e. The minimum absolute atomic E-state index is 0.0177. The molecular formula is C23H23BrN4O4. The van der Waals surface area contributed by atoms with Gasteiger partial charge in [-0.15, -0.1) is 0 Å². The molecule has 0 fully saturated rings. The molecule has 1 aromatic carbocycles. The lowest BCUT2D eigenvalue weighted by molar-refractivity contribution is 0.100. The van der Waals surface area contributed by atoms with Crippen molar-refractivity contribution >= 4 is 27.1 Å². The highest BCUT2D eigenvalue weighted by atomic mass is 79.9. The zero-order chi connectivity index (χ0) is 22.5. The number of hydrogen-bond donors (Lipinski definition) is 0. The van der Waals surface area contributed by atoms with Crippen LogP contribution in [0.2, 0.25) is 0 Å². The lowest BCUT2D eigenvalue weighted by Gasteiger charge is -2.26. The first-order valence-corrected chi connectivity index (χ1v) is 10.8. The van der Waals surface area contributed by atoms with Crippen molar-refractivity contribution in [1.82, 2.24) is 19.5 Å². The molecule has 8 nitrogen and oxygen atoms in total. The van der Waals surface area contributed by atoms with Gasteiger partial charge in [0.15, 0.2) is 17.1 Å². The molecule has 4 aromatic rings. The third kappa shape index (κ3) is 4.94. The second kappa shape index (κ2) is 9.86. The van der Waals surface area contributed by atoms with Crippen LogP contribution in [0.25, 0.3) is 11.2 Å². The van der Waals surface area contributed by atoms with E-state index in [9.17, 15) is 0 Å². The van der Waals surface area contributed by atoms with E-state index >= 15 is 0 Å². The SMILES string of the molecule is COc1cc(Cn2cnc3ccc(Br)nc32)cc2c1OCC(C)O2.COc1ccccn1. The van der Waals surface area contributed by atoms with Gasteiger partial charge in [0.2, 0.25) is 11.6 Å². The summed E-state index contributed by atoms with van der Waals surface area (Å²) in [7, 11) is 3.23. The lowest BCUT2D eigenvalue weighted by Crippen LogP contribution is -2.26. The van der Waals surface area contributed by atoms with E-state index in [-0.39, 0.29) is 6.10 Å². The molecule has 166 valence electrons. The van der Waals surface area contributed by atoms with E-state index in [1.165, 1.54) is 0 Å². The monoisotopic (exact) mass is 498 g/mol. The van der Waals surface area contributed by atoms with Crippen molar-refractivity contribution < 1.29 is 18.9 Å². The third-order valence-corrected chi connectivity index (χ3v) is 5.16. The number of benzene rings is 1. The van der Waals surface area contributed by atoms with Crippen LogP contribution in [-0.2, 0) is 6.54 Å². The number of rotatable bonds is 4. The summed E-state index contributed by atoms with van der Waals surface area (Å²) in [6.45, 7) is 3.11. The molecule has 0 spiro atoms. The topological polar surface area (TPSA) is 80.5 Å². The number of aromatic nitrogens is 4. The van der Waals surface area contributed by atoms with Crippen molar-refractivity contribution in [1.29, 1.82) is 0 Å². The summed E-state index contributed by atoms with van der Waals surface area (Å²) in [5.41, 5.74) is 2.72. The van der Waals surface area contributed by atoms with E-state index in [1.54, 1.807) is 32.8 Å². The van der Waals surface area contributed by atoms with E-state index in [0.717, 1.165) is 21.3 Å². The van der Waals surface area contributed by atoms with Crippen LogP contribution >= 0.6 is 15.9 Å². The molecule has 3 aromatic heterocycles. The molecule has 1 aliphatic heterocycles. The molecule has 0 aliphatic carbocycles. The van der Waals surface area contributed by atoms with Gasteiger partial charge in [-0.05, 0) is 58.7 Å². The summed E-state index contributed by atoms with van der Waals surface area (Å²) in [6, 6.07) is 13.3. The number of fused-ring (bicyclic) bond motifs is 2. The largest absolute Gasteiger partial charge is 0.493 e. The van der Waals surface area contributed by atoms with Crippen molar-refractivity contribution in [3.05, 3.63) is 65.2 Å². The molecule has 0 N–H and O–H groups in total. The molecule has 32 heavy (non-hydrogen) atoms. The summed E-state index contributed by atoms with van der Waals surface area (Å²) in [5, 5.41) is 0. The zero-order valence-corrected chi connectivity index (χ0v) is 19.6. The minimum atomic E-state index is 0.0177. The van der Waals surface area contributed by atoms with E-state index in [4.69, 9.17) is 18.9 Å². The fourth-order valence-electron chi connectivity index (χ4n) is 3.25. The Kier molecular flexibility index (Phi) is 6.75. The molecule has 0 saturated carbocycles. The van der Waals surface area contributed by atoms with Crippen LogP contribution in [0.3, 0.4) is 0 Å². The minimum Gasteiger partial charge on any atom is -0.493 e. The first kappa shape index (κ1) is 21.9. The molecule has 0 bridgehead atoms. The van der Waals surface area contributed by atoms with Gasteiger partial charge < -0.3 is 23.5 Å². The highest BCUT2D eigenvalue weighted by Gasteiger charge is 2.22. The van der Waals surface area contributed by atoms with E-state index in [1.807, 2.05) is 47.9 Å². The van der Waals surface area contributed by atoms with Crippen LogP contribution in [-0.4, -0.2) is 46.4 Å². The smallest absolute Gasteiger partial charge is 0.212 e. The Morgan fingerprint density at radius 2 is 2.00 bits per heavy atom. The van der Waals surface area contributed by atoms with Gasteiger partial charge in [0.25, 0.3) is 0 Å². The Morgan fingerprint density at radius 3 is 2.72 bits per heavy atom. The van der Waals surface area contributed by atoms with Gasteiger partial charge in [-0.2, -0.15) is 0 Å². The standard InChI is InChI=1S/C17H16BrN3O3.C6H7NO/c1-10-8-23-16-13(22-2)5-11(6-14(16)24-10)7-21-9-19-12-3-4-15(18)20-17(12)21;1-8-6-4-2-3-5-7-6/h3-6,9-10H,7-8H2,1-2H3;2-5H,1H3. The van der Waals surface area contributed by atoms with Crippen LogP contribution in [0.1, 0.15) is 12.5 Å². The van der Waals surface area contributed by atoms with Crippen LogP contribution in [0.15, 0.2) is 59.6 Å². The Hall–Kier alpha value is -3.33. The number of halogens is 1. The Morgan fingerprint density at radius 1 is 1.12 bits per heavy atom. The lowest BCUT2D eigenvalue weighted by atomic mass is 10.1. The van der Waals surface area contributed by atoms with Crippen LogP contribution in [0.4, 0.5) is 0 Å². The van der Waals surface area contributed by atoms with Crippen molar-refractivity contribution in [3.8, 4) is 23.1 Å². The number of pyridine rings is 2. The molecule has 0 radical (unpaired) electrons. The molecule has 4 heterocycles. The molecule has 9 heteroatoms. The molecule has 0 amide bonds. The van der Waals surface area contributed by atoms with Gasteiger partial charge >= 0.3 is 0 Å². The summed E-state index contributed by atoms with van der Waals surface area (Å²) in [5.74, 6) is 2.71. The normalized spacial score (nSPS) is 14.4. The van der Waals surface area contributed by atoms with E-state index < -0.39 is 0 Å². The Labute approximate surface area is 194 Å². The molecule has 1 unspecified atom stereocenters. The van der Waals surface area contributed by atoms with E-state index in [0.29, 0.717) is 36.3 Å². The van der Waals surface area contributed by atoms with Gasteiger partial charge in [-0.1, -0.05) is 6.07 Å². The van der Waals surface area contributed by atoms with Gasteiger partial charge in [0, 0.05) is 12.3 Å². The van der Waals surface area contributed by atoms with Gasteiger partial charge in [0.05, 0.1) is 27.1 Å². The predicted octanol–water partition coefficient (Wildman–Crippen LogP) is 4.50. The first-order chi connectivity index (χ1) is 15.6. The van der Waals surface area contributed by atoms with Crippen molar-refractivity contribution in [2.45, 2.75) is 19.6 Å². The number of nitrogens with zero attached hydrogens (tertiary/aromatic N) is 4. The predicted molar refractivity (Wildman–Crippen MR) is 124 cm³/mol. The highest BCUT2D eigenvalue weighted by molar-refractivity contribution is 9.10.